The zero-order valence-electron chi connectivity index (χ0n) is 15.2. The van der Waals surface area contributed by atoms with Crippen molar-refractivity contribution in [3.8, 4) is 0 Å². The van der Waals surface area contributed by atoms with Crippen LogP contribution in [-0.4, -0.2) is 14.2 Å². The Bertz CT molecular complexity index is 948. The van der Waals surface area contributed by atoms with E-state index in [2.05, 4.69) is 0 Å². The molecular formula is C19H16F6O2S3. The third kappa shape index (κ3) is 8.27. The molecule has 0 saturated heterocycles. The minimum atomic E-state index is -4.48. The van der Waals surface area contributed by atoms with Gasteiger partial charge in [0.1, 0.15) is 0 Å². The molecule has 164 valence electrons. The van der Waals surface area contributed by atoms with Gasteiger partial charge in [-0.1, -0.05) is 51.9 Å². The van der Waals surface area contributed by atoms with Crippen LogP contribution in [0.1, 0.15) is 22.3 Å². The Hall–Kier alpha value is -1.59. The fourth-order valence-corrected chi connectivity index (χ4v) is 5.32. The third-order valence-corrected chi connectivity index (χ3v) is 7.20. The fraction of sp³-hybridized carbons (Fsp3) is 0.263. The molecule has 0 N–H and O–H groups in total. The van der Waals surface area contributed by atoms with E-state index in [0.717, 1.165) is 36.4 Å². The number of rotatable bonds is 8. The number of halogens is 6. The molecule has 0 atom stereocenters. The average Bonchev–Trinajstić information content (AvgIpc) is 2.63. The summed E-state index contributed by atoms with van der Waals surface area (Å²) in [6, 6.07) is 8.73. The zero-order chi connectivity index (χ0) is 22.4. The first-order valence-corrected chi connectivity index (χ1v) is 12.5. The van der Waals surface area contributed by atoms with Gasteiger partial charge in [-0.15, -0.1) is 0 Å². The maximum absolute atomic E-state index is 12.5. The molecule has 0 unspecified atom stereocenters. The SMILES string of the molecule is O=S(=O)(C/C=C/SSCc1ccc(C(F)(F)F)cc1)Cc1ccc(C(F)(F)F)cc1. The molecule has 2 aromatic carbocycles. The minimum absolute atomic E-state index is 0.265. The molecule has 0 aliphatic heterocycles. The van der Waals surface area contributed by atoms with Crippen LogP contribution in [0.2, 0.25) is 0 Å². The van der Waals surface area contributed by atoms with Crippen LogP contribution in [0.3, 0.4) is 0 Å². The largest absolute Gasteiger partial charge is 0.416 e. The summed E-state index contributed by atoms with van der Waals surface area (Å²) in [5.41, 5.74) is -0.600. The van der Waals surface area contributed by atoms with E-state index < -0.39 is 33.3 Å². The van der Waals surface area contributed by atoms with E-state index >= 15 is 0 Å². The number of benzene rings is 2. The van der Waals surface area contributed by atoms with Gasteiger partial charge in [-0.05, 0) is 40.8 Å². The van der Waals surface area contributed by atoms with E-state index in [1.54, 1.807) is 5.41 Å². The molecule has 0 aliphatic carbocycles. The summed E-state index contributed by atoms with van der Waals surface area (Å²) in [7, 11) is -0.979. The maximum Gasteiger partial charge on any atom is 0.416 e. The van der Waals surface area contributed by atoms with Gasteiger partial charge in [-0.25, -0.2) is 8.42 Å². The molecule has 0 fully saturated rings. The zero-order valence-corrected chi connectivity index (χ0v) is 17.7. The van der Waals surface area contributed by atoms with E-state index in [-0.39, 0.29) is 17.1 Å². The highest BCUT2D eigenvalue weighted by atomic mass is 33.1. The van der Waals surface area contributed by atoms with Gasteiger partial charge in [-0.2, -0.15) is 26.3 Å². The minimum Gasteiger partial charge on any atom is -0.228 e. The summed E-state index contributed by atoms with van der Waals surface area (Å²) in [6.07, 6.45) is -7.44. The first kappa shape index (κ1) is 24.7. The van der Waals surface area contributed by atoms with Crippen molar-refractivity contribution in [1.29, 1.82) is 0 Å². The van der Waals surface area contributed by atoms with Crippen molar-refractivity contribution in [3.63, 3.8) is 0 Å². The Morgan fingerprint density at radius 3 is 1.70 bits per heavy atom. The first-order chi connectivity index (χ1) is 13.9. The quantitative estimate of drug-likeness (QED) is 0.235. The summed E-state index contributed by atoms with van der Waals surface area (Å²) in [5.74, 6) is -0.216. The lowest BCUT2D eigenvalue weighted by atomic mass is 10.1. The molecule has 0 aliphatic rings. The van der Waals surface area contributed by atoms with Gasteiger partial charge in [0.15, 0.2) is 9.84 Å². The molecule has 0 aromatic heterocycles. The molecule has 0 heterocycles. The highest BCUT2D eigenvalue weighted by Gasteiger charge is 2.30. The van der Waals surface area contributed by atoms with Gasteiger partial charge < -0.3 is 0 Å². The van der Waals surface area contributed by atoms with E-state index in [1.165, 1.54) is 39.8 Å². The number of hydrogen-bond acceptors (Lipinski definition) is 4. The standard InChI is InChI=1S/C19H16F6O2S3/c20-18(21,22)16-6-2-14(3-7-16)12-29-28-10-1-11-30(26,27)13-15-4-8-17(9-5-15)19(23,24)25/h1-10H,11-13H2/b10-1+. The molecular weight excluding hydrogens is 470 g/mol. The van der Waals surface area contributed by atoms with Crippen LogP contribution < -0.4 is 0 Å². The van der Waals surface area contributed by atoms with Crippen LogP contribution in [0.5, 0.6) is 0 Å². The van der Waals surface area contributed by atoms with Crippen LogP contribution in [-0.2, 0) is 33.7 Å². The molecule has 2 nitrogen and oxygen atoms in total. The number of hydrogen-bond donors (Lipinski definition) is 0. The Balaban J connectivity index is 1.76. The molecule has 11 heteroatoms. The summed E-state index contributed by atoms with van der Waals surface area (Å²) in [5, 5.41) is 1.55. The Labute approximate surface area is 178 Å². The molecule has 0 spiro atoms. The van der Waals surface area contributed by atoms with Crippen molar-refractivity contribution >= 4 is 31.4 Å². The van der Waals surface area contributed by atoms with Crippen molar-refractivity contribution in [3.05, 3.63) is 82.3 Å². The Kier molecular flexibility index (Phi) is 8.35. The van der Waals surface area contributed by atoms with E-state index in [1.807, 2.05) is 0 Å². The fourth-order valence-electron chi connectivity index (χ4n) is 2.26. The van der Waals surface area contributed by atoms with Crippen LogP contribution in [0.25, 0.3) is 0 Å². The monoisotopic (exact) mass is 486 g/mol. The molecule has 0 radical (unpaired) electrons. The number of alkyl halides is 6. The van der Waals surface area contributed by atoms with Crippen LogP contribution in [0.15, 0.2) is 60.0 Å². The van der Waals surface area contributed by atoms with Crippen molar-refractivity contribution in [2.24, 2.45) is 0 Å². The van der Waals surface area contributed by atoms with Crippen LogP contribution in [0, 0.1) is 0 Å². The lowest BCUT2D eigenvalue weighted by Crippen LogP contribution is -2.08. The van der Waals surface area contributed by atoms with Gasteiger partial charge in [-0.3, -0.25) is 0 Å². The highest BCUT2D eigenvalue weighted by Crippen LogP contribution is 2.32. The van der Waals surface area contributed by atoms with Crippen LogP contribution in [0.4, 0.5) is 26.3 Å². The molecule has 30 heavy (non-hydrogen) atoms. The van der Waals surface area contributed by atoms with Gasteiger partial charge in [0.05, 0.1) is 22.6 Å². The molecule has 0 bridgehead atoms. The van der Waals surface area contributed by atoms with E-state index in [0.29, 0.717) is 11.3 Å². The third-order valence-electron chi connectivity index (χ3n) is 3.74. The second-order valence-corrected chi connectivity index (χ2v) is 10.6. The topological polar surface area (TPSA) is 34.1 Å². The summed E-state index contributed by atoms with van der Waals surface area (Å²) in [6.45, 7) is 0. The smallest absolute Gasteiger partial charge is 0.228 e. The number of sulfone groups is 1. The predicted molar refractivity (Wildman–Crippen MR) is 108 cm³/mol. The predicted octanol–water partition coefficient (Wildman–Crippen LogP) is 6.73. The normalized spacial score (nSPS) is 13.1. The summed E-state index contributed by atoms with van der Waals surface area (Å²) >= 11 is 0. The Morgan fingerprint density at radius 1 is 0.767 bits per heavy atom. The van der Waals surface area contributed by atoms with Crippen molar-refractivity contribution < 1.29 is 34.8 Å². The average molecular weight is 487 g/mol. The molecule has 2 aromatic rings. The lowest BCUT2D eigenvalue weighted by Gasteiger charge is -2.07. The van der Waals surface area contributed by atoms with Gasteiger partial charge in [0, 0.05) is 5.75 Å². The molecule has 0 saturated carbocycles. The van der Waals surface area contributed by atoms with Gasteiger partial charge in [0.25, 0.3) is 0 Å². The highest BCUT2D eigenvalue weighted by molar-refractivity contribution is 8.77. The summed E-state index contributed by atoms with van der Waals surface area (Å²) < 4.78 is 99.2. The first-order valence-electron chi connectivity index (χ1n) is 8.33. The lowest BCUT2D eigenvalue weighted by molar-refractivity contribution is -0.138. The second kappa shape index (κ2) is 10.1. The van der Waals surface area contributed by atoms with Crippen molar-refractivity contribution in [2.75, 3.05) is 5.75 Å². The molecule has 0 amide bonds. The van der Waals surface area contributed by atoms with E-state index in [4.69, 9.17) is 0 Å². The molecule has 2 rings (SSSR count). The van der Waals surface area contributed by atoms with Gasteiger partial charge >= 0.3 is 12.4 Å². The van der Waals surface area contributed by atoms with Crippen molar-refractivity contribution in [1.82, 2.24) is 0 Å². The second-order valence-electron chi connectivity index (χ2n) is 6.17. The van der Waals surface area contributed by atoms with E-state index in [9.17, 15) is 34.8 Å². The maximum atomic E-state index is 12.5. The van der Waals surface area contributed by atoms with Gasteiger partial charge in [0.2, 0.25) is 0 Å². The summed E-state index contributed by atoms with van der Waals surface area (Å²) in [4.78, 5) is 0. The Morgan fingerprint density at radius 2 is 1.23 bits per heavy atom. The van der Waals surface area contributed by atoms with Crippen molar-refractivity contribution in [2.45, 2.75) is 23.9 Å². The van der Waals surface area contributed by atoms with Crippen LogP contribution >= 0.6 is 21.6 Å².